The molecule has 0 aromatic heterocycles. The number of nitrogens with one attached hydrogen (secondary N) is 1. The first kappa shape index (κ1) is 11.7. The molecule has 0 saturated heterocycles. The summed E-state index contributed by atoms with van der Waals surface area (Å²) >= 11 is 0. The summed E-state index contributed by atoms with van der Waals surface area (Å²) < 4.78 is 0. The van der Waals surface area contributed by atoms with Crippen LogP contribution >= 0.6 is 0 Å². The van der Waals surface area contributed by atoms with Gasteiger partial charge in [-0.05, 0) is 57.7 Å². The van der Waals surface area contributed by atoms with Crippen LogP contribution in [-0.4, -0.2) is 23.8 Å². The fourth-order valence-electron chi connectivity index (χ4n) is 2.00. The van der Waals surface area contributed by atoms with Gasteiger partial charge in [0.2, 0.25) is 0 Å². The van der Waals surface area contributed by atoms with E-state index >= 15 is 0 Å². The van der Waals surface area contributed by atoms with Crippen LogP contribution in [0.15, 0.2) is 11.6 Å². The molecule has 0 bridgehead atoms. The molecule has 2 nitrogen and oxygen atoms in total. The molecule has 0 aromatic carbocycles. The van der Waals surface area contributed by atoms with Crippen molar-refractivity contribution in [3.8, 4) is 0 Å². The summed E-state index contributed by atoms with van der Waals surface area (Å²) in [6, 6.07) is 0. The average Bonchev–Trinajstić information content (AvgIpc) is 2.19. The lowest BCUT2D eigenvalue weighted by molar-refractivity contribution is 0.0836. The van der Waals surface area contributed by atoms with Gasteiger partial charge in [-0.1, -0.05) is 13.0 Å². The first-order valence-electron chi connectivity index (χ1n) is 5.79. The third-order valence-corrected chi connectivity index (χ3v) is 3.02. The van der Waals surface area contributed by atoms with Crippen LogP contribution < -0.4 is 5.32 Å². The van der Waals surface area contributed by atoms with Gasteiger partial charge in [-0.15, -0.1) is 0 Å². The summed E-state index contributed by atoms with van der Waals surface area (Å²) in [4.78, 5) is 0. The molecule has 0 amide bonds. The Hall–Kier alpha value is -0.340. The van der Waals surface area contributed by atoms with Gasteiger partial charge in [0, 0.05) is 0 Å². The highest BCUT2D eigenvalue weighted by Crippen LogP contribution is 2.29. The second-order valence-corrected chi connectivity index (χ2v) is 4.35. The van der Waals surface area contributed by atoms with Crippen molar-refractivity contribution in [1.29, 1.82) is 0 Å². The van der Waals surface area contributed by atoms with E-state index in [2.05, 4.69) is 18.3 Å². The summed E-state index contributed by atoms with van der Waals surface area (Å²) in [5.74, 6) is 0. The van der Waals surface area contributed by atoms with Crippen LogP contribution in [0.1, 0.15) is 46.0 Å². The van der Waals surface area contributed by atoms with Crippen LogP contribution in [0, 0.1) is 0 Å². The Balaban J connectivity index is 2.41. The topological polar surface area (TPSA) is 32.3 Å². The van der Waals surface area contributed by atoms with Crippen molar-refractivity contribution in [1.82, 2.24) is 5.32 Å². The average molecular weight is 197 g/mol. The molecule has 0 radical (unpaired) electrons. The number of hydrogen-bond acceptors (Lipinski definition) is 2. The van der Waals surface area contributed by atoms with Crippen molar-refractivity contribution in [2.24, 2.45) is 0 Å². The van der Waals surface area contributed by atoms with Gasteiger partial charge in [0.15, 0.2) is 0 Å². The molecular weight excluding hydrogens is 174 g/mol. The molecule has 0 aliphatic heterocycles. The van der Waals surface area contributed by atoms with Crippen LogP contribution in [0.3, 0.4) is 0 Å². The molecule has 2 N–H and O–H groups in total. The molecule has 0 heterocycles. The van der Waals surface area contributed by atoms with Crippen LogP contribution in [0.4, 0.5) is 0 Å². The van der Waals surface area contributed by atoms with Crippen molar-refractivity contribution in [2.75, 3.05) is 13.1 Å². The minimum atomic E-state index is -0.581. The van der Waals surface area contributed by atoms with Gasteiger partial charge >= 0.3 is 0 Å². The zero-order valence-corrected chi connectivity index (χ0v) is 9.47. The summed E-state index contributed by atoms with van der Waals surface area (Å²) in [5.41, 5.74) is 0.671. The predicted molar refractivity (Wildman–Crippen MR) is 60.3 cm³/mol. The Morgan fingerprint density at radius 2 is 2.29 bits per heavy atom. The quantitative estimate of drug-likeness (QED) is 0.523. The zero-order chi connectivity index (χ0) is 10.4. The lowest BCUT2D eigenvalue weighted by Gasteiger charge is -2.29. The van der Waals surface area contributed by atoms with Gasteiger partial charge in [0.25, 0.3) is 0 Å². The number of allylic oxidation sites excluding steroid dienone is 1. The van der Waals surface area contributed by atoms with E-state index < -0.39 is 5.60 Å². The van der Waals surface area contributed by atoms with E-state index in [0.717, 1.165) is 32.4 Å². The van der Waals surface area contributed by atoms with E-state index in [1.54, 1.807) is 0 Å². The van der Waals surface area contributed by atoms with E-state index in [0.29, 0.717) is 0 Å². The molecule has 0 aromatic rings. The third-order valence-electron chi connectivity index (χ3n) is 3.02. The summed E-state index contributed by atoms with van der Waals surface area (Å²) in [6.07, 6.45) is 7.81. The fourth-order valence-corrected chi connectivity index (χ4v) is 2.00. The molecule has 1 aliphatic rings. The maximum Gasteiger partial charge on any atom is 0.0840 e. The Bertz CT molecular complexity index is 196. The SMILES string of the molecule is CCNCCC(C)(O)C1=CCCCC1. The first-order valence-corrected chi connectivity index (χ1v) is 5.79. The van der Waals surface area contributed by atoms with Crippen molar-refractivity contribution >= 4 is 0 Å². The van der Waals surface area contributed by atoms with E-state index in [1.165, 1.54) is 18.4 Å². The molecule has 1 unspecified atom stereocenters. The van der Waals surface area contributed by atoms with Gasteiger partial charge in [-0.2, -0.15) is 0 Å². The molecule has 14 heavy (non-hydrogen) atoms. The molecule has 0 spiro atoms. The molecule has 2 heteroatoms. The molecule has 1 aliphatic carbocycles. The first-order chi connectivity index (χ1) is 6.67. The summed E-state index contributed by atoms with van der Waals surface area (Å²) in [6.45, 7) is 5.92. The van der Waals surface area contributed by atoms with Crippen LogP contribution in [0.2, 0.25) is 0 Å². The highest BCUT2D eigenvalue weighted by atomic mass is 16.3. The van der Waals surface area contributed by atoms with Crippen LogP contribution in [0.5, 0.6) is 0 Å². The molecule has 0 fully saturated rings. The standard InChI is InChI=1S/C12H23NO/c1-3-13-10-9-12(2,14)11-7-5-4-6-8-11/h7,13-14H,3-6,8-10H2,1-2H3. The van der Waals surface area contributed by atoms with Crippen LogP contribution in [0.25, 0.3) is 0 Å². The lowest BCUT2D eigenvalue weighted by Crippen LogP contribution is -2.32. The Morgan fingerprint density at radius 3 is 2.86 bits per heavy atom. The summed E-state index contributed by atoms with van der Waals surface area (Å²) in [7, 11) is 0. The number of hydrogen-bond donors (Lipinski definition) is 2. The van der Waals surface area contributed by atoms with E-state index in [9.17, 15) is 5.11 Å². The molecule has 1 rings (SSSR count). The van der Waals surface area contributed by atoms with Crippen LogP contribution in [-0.2, 0) is 0 Å². The van der Waals surface area contributed by atoms with Gasteiger partial charge in [-0.3, -0.25) is 0 Å². The Morgan fingerprint density at radius 1 is 1.50 bits per heavy atom. The molecular formula is C12H23NO. The zero-order valence-electron chi connectivity index (χ0n) is 9.47. The maximum atomic E-state index is 10.3. The van der Waals surface area contributed by atoms with Crippen molar-refractivity contribution in [3.05, 3.63) is 11.6 Å². The monoisotopic (exact) mass is 197 g/mol. The Kier molecular flexibility index (Phi) is 4.63. The number of rotatable bonds is 5. The highest BCUT2D eigenvalue weighted by molar-refractivity contribution is 5.17. The van der Waals surface area contributed by atoms with Gasteiger partial charge < -0.3 is 10.4 Å². The Labute approximate surface area is 87.4 Å². The minimum absolute atomic E-state index is 0.581. The molecule has 1 atom stereocenters. The smallest absolute Gasteiger partial charge is 0.0840 e. The fraction of sp³-hybridized carbons (Fsp3) is 0.833. The second-order valence-electron chi connectivity index (χ2n) is 4.35. The predicted octanol–water partition coefficient (Wildman–Crippen LogP) is 2.24. The third kappa shape index (κ3) is 3.43. The lowest BCUT2D eigenvalue weighted by atomic mass is 9.85. The number of aliphatic hydroxyl groups is 1. The van der Waals surface area contributed by atoms with E-state index in [-0.39, 0.29) is 0 Å². The van der Waals surface area contributed by atoms with Crippen molar-refractivity contribution in [3.63, 3.8) is 0 Å². The molecule has 82 valence electrons. The summed E-state index contributed by atoms with van der Waals surface area (Å²) in [5, 5.41) is 13.5. The van der Waals surface area contributed by atoms with Crippen molar-refractivity contribution in [2.45, 2.75) is 51.6 Å². The van der Waals surface area contributed by atoms with E-state index in [4.69, 9.17) is 0 Å². The van der Waals surface area contributed by atoms with E-state index in [1.807, 2.05) is 6.92 Å². The maximum absolute atomic E-state index is 10.3. The normalized spacial score (nSPS) is 21.5. The minimum Gasteiger partial charge on any atom is -0.386 e. The van der Waals surface area contributed by atoms with Gasteiger partial charge in [-0.25, -0.2) is 0 Å². The highest BCUT2D eigenvalue weighted by Gasteiger charge is 2.25. The molecule has 0 saturated carbocycles. The second kappa shape index (κ2) is 5.52. The van der Waals surface area contributed by atoms with Gasteiger partial charge in [0.05, 0.1) is 5.60 Å². The van der Waals surface area contributed by atoms with Gasteiger partial charge in [0.1, 0.15) is 0 Å². The largest absolute Gasteiger partial charge is 0.386 e. The van der Waals surface area contributed by atoms with Crippen molar-refractivity contribution < 1.29 is 5.11 Å².